The SMILES string of the molecule is CN1CC(C(=O)C(C)(C)C)C2CCC(B(O)O)CC21. The van der Waals surface area contributed by atoms with Crippen LogP contribution in [0.4, 0.5) is 0 Å². The molecule has 19 heavy (non-hydrogen) atoms. The van der Waals surface area contributed by atoms with Crippen molar-refractivity contribution < 1.29 is 14.8 Å². The molecule has 1 heterocycles. The van der Waals surface area contributed by atoms with E-state index >= 15 is 0 Å². The summed E-state index contributed by atoms with van der Waals surface area (Å²) in [5.74, 6) is 0.834. The third-order valence-electron chi connectivity index (χ3n) is 4.97. The number of hydrogen-bond acceptors (Lipinski definition) is 4. The minimum Gasteiger partial charge on any atom is -0.427 e. The van der Waals surface area contributed by atoms with Gasteiger partial charge in [-0.05, 0) is 31.6 Å². The van der Waals surface area contributed by atoms with Crippen LogP contribution < -0.4 is 0 Å². The number of rotatable bonds is 2. The van der Waals surface area contributed by atoms with Crippen LogP contribution in [0.25, 0.3) is 0 Å². The maximum Gasteiger partial charge on any atom is 0.454 e. The molecular weight excluding hydrogens is 241 g/mol. The van der Waals surface area contributed by atoms with Gasteiger partial charge in [0.15, 0.2) is 0 Å². The Balaban J connectivity index is 2.11. The molecule has 2 N–H and O–H groups in total. The summed E-state index contributed by atoms with van der Waals surface area (Å²) in [6.45, 7) is 6.79. The van der Waals surface area contributed by atoms with Crippen molar-refractivity contribution in [2.45, 2.75) is 51.9 Å². The lowest BCUT2D eigenvalue weighted by molar-refractivity contribution is -0.131. The highest BCUT2D eigenvalue weighted by Crippen LogP contribution is 2.45. The lowest BCUT2D eigenvalue weighted by Gasteiger charge is -2.36. The van der Waals surface area contributed by atoms with E-state index in [0.29, 0.717) is 17.7 Å². The summed E-state index contributed by atoms with van der Waals surface area (Å²) in [5.41, 5.74) is -0.284. The first-order chi connectivity index (χ1) is 8.71. The molecule has 0 aromatic carbocycles. The second-order valence-corrected chi connectivity index (χ2v) is 7.38. The summed E-state index contributed by atoms with van der Waals surface area (Å²) in [6.07, 6.45) is 2.55. The largest absolute Gasteiger partial charge is 0.454 e. The molecule has 1 saturated heterocycles. The van der Waals surface area contributed by atoms with Crippen LogP contribution >= 0.6 is 0 Å². The maximum absolute atomic E-state index is 12.6. The molecule has 108 valence electrons. The van der Waals surface area contributed by atoms with Gasteiger partial charge in [-0.25, -0.2) is 0 Å². The van der Waals surface area contributed by atoms with Crippen LogP contribution in [0.1, 0.15) is 40.0 Å². The number of hydrogen-bond donors (Lipinski definition) is 2. The molecule has 0 radical (unpaired) electrons. The number of likely N-dealkylation sites (tertiary alicyclic amines) is 1. The molecule has 2 fully saturated rings. The molecular formula is C14H26BNO3. The Hall–Kier alpha value is -0.385. The van der Waals surface area contributed by atoms with E-state index in [4.69, 9.17) is 0 Å². The Morgan fingerprint density at radius 1 is 1.26 bits per heavy atom. The average Bonchev–Trinajstić information content (AvgIpc) is 2.64. The van der Waals surface area contributed by atoms with Crippen LogP contribution in [0.5, 0.6) is 0 Å². The standard InChI is InChI=1S/C14H26BNO3/c1-14(2,3)13(17)11-8-16(4)12-7-9(15(18)19)5-6-10(11)12/h9-12,18-19H,5-8H2,1-4H3. The Bertz CT molecular complexity index is 353. The second kappa shape index (κ2) is 5.19. The molecule has 1 aliphatic carbocycles. The van der Waals surface area contributed by atoms with E-state index in [1.807, 2.05) is 20.8 Å². The predicted octanol–water partition coefficient (Wildman–Crippen LogP) is 1.17. The quantitative estimate of drug-likeness (QED) is 0.737. The fourth-order valence-corrected chi connectivity index (χ4v) is 3.86. The number of Topliss-reactive ketones (excluding diaryl/α,β-unsaturated/α-hetero) is 1. The lowest BCUT2D eigenvalue weighted by atomic mass is 9.60. The summed E-state index contributed by atoms with van der Waals surface area (Å²) in [4.78, 5) is 14.8. The summed E-state index contributed by atoms with van der Waals surface area (Å²) in [5, 5.41) is 18.7. The van der Waals surface area contributed by atoms with Crippen molar-refractivity contribution >= 4 is 12.9 Å². The molecule has 2 rings (SSSR count). The van der Waals surface area contributed by atoms with Crippen molar-refractivity contribution in [3.8, 4) is 0 Å². The third-order valence-corrected chi connectivity index (χ3v) is 4.97. The van der Waals surface area contributed by atoms with Gasteiger partial charge in [0.05, 0.1) is 0 Å². The summed E-state index contributed by atoms with van der Waals surface area (Å²) < 4.78 is 0. The number of ketones is 1. The number of nitrogens with zero attached hydrogens (tertiary/aromatic N) is 1. The van der Waals surface area contributed by atoms with Crippen molar-refractivity contribution in [3.05, 3.63) is 0 Å². The van der Waals surface area contributed by atoms with Crippen molar-refractivity contribution in [3.63, 3.8) is 0 Å². The molecule has 0 amide bonds. The Morgan fingerprint density at radius 2 is 1.89 bits per heavy atom. The van der Waals surface area contributed by atoms with Crippen LogP contribution in [-0.4, -0.2) is 47.5 Å². The fourth-order valence-electron chi connectivity index (χ4n) is 3.86. The van der Waals surface area contributed by atoms with Gasteiger partial charge in [-0.2, -0.15) is 0 Å². The van der Waals surface area contributed by atoms with Gasteiger partial charge in [-0.15, -0.1) is 0 Å². The zero-order valence-electron chi connectivity index (χ0n) is 12.5. The van der Waals surface area contributed by atoms with Gasteiger partial charge >= 0.3 is 7.12 Å². The molecule has 2 aliphatic rings. The minimum absolute atomic E-state index is 0.0350. The first-order valence-corrected chi connectivity index (χ1v) is 7.32. The van der Waals surface area contributed by atoms with Gasteiger partial charge in [0.1, 0.15) is 5.78 Å². The molecule has 0 spiro atoms. The maximum atomic E-state index is 12.6. The number of carbonyl (C=O) groups is 1. The van der Waals surface area contributed by atoms with Gasteiger partial charge in [0, 0.05) is 23.9 Å². The highest BCUT2D eigenvalue weighted by molar-refractivity contribution is 6.43. The van der Waals surface area contributed by atoms with Crippen molar-refractivity contribution in [2.24, 2.45) is 17.3 Å². The minimum atomic E-state index is -1.22. The van der Waals surface area contributed by atoms with Crippen LogP contribution in [0.3, 0.4) is 0 Å². The fraction of sp³-hybridized carbons (Fsp3) is 0.929. The van der Waals surface area contributed by atoms with Crippen LogP contribution in [-0.2, 0) is 4.79 Å². The predicted molar refractivity (Wildman–Crippen MR) is 75.7 cm³/mol. The van der Waals surface area contributed by atoms with E-state index in [0.717, 1.165) is 25.8 Å². The molecule has 5 heteroatoms. The second-order valence-electron chi connectivity index (χ2n) is 7.38. The van der Waals surface area contributed by atoms with Gasteiger partial charge < -0.3 is 14.9 Å². The summed E-state index contributed by atoms with van der Waals surface area (Å²) in [6, 6.07) is 0.330. The van der Waals surface area contributed by atoms with Gasteiger partial charge in [-0.3, -0.25) is 4.79 Å². The zero-order chi connectivity index (χ0) is 14.4. The van der Waals surface area contributed by atoms with Crippen molar-refractivity contribution in [1.82, 2.24) is 4.90 Å². The summed E-state index contributed by atoms with van der Waals surface area (Å²) in [7, 11) is 0.839. The zero-order valence-corrected chi connectivity index (χ0v) is 12.5. The molecule has 4 unspecified atom stereocenters. The molecule has 0 aromatic rings. The normalized spacial score (nSPS) is 36.1. The number of carbonyl (C=O) groups excluding carboxylic acids is 1. The summed E-state index contributed by atoms with van der Waals surface area (Å²) >= 11 is 0. The van der Waals surface area contributed by atoms with Gasteiger partial charge in [0.2, 0.25) is 0 Å². The van der Waals surface area contributed by atoms with Crippen molar-refractivity contribution in [2.75, 3.05) is 13.6 Å². The first-order valence-electron chi connectivity index (χ1n) is 7.32. The van der Waals surface area contributed by atoms with E-state index in [2.05, 4.69) is 11.9 Å². The molecule has 0 aromatic heterocycles. The van der Waals surface area contributed by atoms with Gasteiger partial charge in [0.25, 0.3) is 0 Å². The van der Waals surface area contributed by atoms with Crippen LogP contribution in [0.2, 0.25) is 5.82 Å². The van der Waals surface area contributed by atoms with Crippen LogP contribution in [0.15, 0.2) is 0 Å². The highest BCUT2D eigenvalue weighted by Gasteiger charge is 2.49. The third kappa shape index (κ3) is 2.88. The lowest BCUT2D eigenvalue weighted by Crippen LogP contribution is -2.39. The van der Waals surface area contributed by atoms with Crippen molar-refractivity contribution in [1.29, 1.82) is 0 Å². The van der Waals surface area contributed by atoms with Crippen LogP contribution in [0, 0.1) is 17.3 Å². The van der Waals surface area contributed by atoms with Gasteiger partial charge in [-0.1, -0.05) is 27.2 Å². The molecule has 4 nitrogen and oxygen atoms in total. The van der Waals surface area contributed by atoms with E-state index in [1.54, 1.807) is 0 Å². The monoisotopic (exact) mass is 267 g/mol. The molecule has 4 atom stereocenters. The molecule has 1 aliphatic heterocycles. The Labute approximate surface area is 116 Å². The molecule has 1 saturated carbocycles. The highest BCUT2D eigenvalue weighted by atomic mass is 16.4. The number of fused-ring (bicyclic) bond motifs is 1. The van der Waals surface area contributed by atoms with E-state index in [-0.39, 0.29) is 17.2 Å². The topological polar surface area (TPSA) is 60.8 Å². The Morgan fingerprint density at radius 3 is 2.42 bits per heavy atom. The first kappa shape index (κ1) is 15.0. The van der Waals surface area contributed by atoms with E-state index < -0.39 is 7.12 Å². The molecule has 0 bridgehead atoms. The van der Waals surface area contributed by atoms with E-state index in [9.17, 15) is 14.8 Å². The van der Waals surface area contributed by atoms with E-state index in [1.165, 1.54) is 0 Å². The average molecular weight is 267 g/mol. The Kier molecular flexibility index (Phi) is 4.10. The smallest absolute Gasteiger partial charge is 0.427 e.